The molecule has 1 heterocycles. The van der Waals surface area contributed by atoms with Crippen LogP contribution in [0.4, 0.5) is 0 Å². The van der Waals surface area contributed by atoms with Crippen LogP contribution >= 0.6 is 0 Å². The first-order chi connectivity index (χ1) is 8.74. The molecule has 4 heteroatoms. The summed E-state index contributed by atoms with van der Waals surface area (Å²) in [4.78, 5) is 14.0. The smallest absolute Gasteiger partial charge is 0.254 e. The highest BCUT2D eigenvalue weighted by Gasteiger charge is 2.24. The molecule has 1 aromatic carbocycles. The van der Waals surface area contributed by atoms with Crippen molar-refractivity contribution >= 4 is 5.91 Å². The third kappa shape index (κ3) is 2.62. The van der Waals surface area contributed by atoms with Gasteiger partial charge in [0, 0.05) is 18.7 Å². The minimum Gasteiger partial charge on any atom is -0.497 e. The number of carbonyl (C=O) groups is 1. The van der Waals surface area contributed by atoms with E-state index in [2.05, 4.69) is 6.07 Å². The van der Waals surface area contributed by atoms with Gasteiger partial charge in [-0.3, -0.25) is 4.79 Å². The van der Waals surface area contributed by atoms with Gasteiger partial charge in [-0.05, 0) is 31.0 Å². The number of benzene rings is 1. The standard InChI is InChI=1S/C14H16N2O2/c1-18-13-6-2-5-12(8-13)14(17)16-7-3-4-11(9-15)10-16/h2,5-6,8,11H,3-4,7,10H2,1H3. The molecule has 1 amide bonds. The van der Waals surface area contributed by atoms with Crippen molar-refractivity contribution in [3.8, 4) is 11.8 Å². The van der Waals surface area contributed by atoms with Crippen LogP contribution in [0, 0.1) is 17.2 Å². The Kier molecular flexibility index (Phi) is 3.83. The maximum atomic E-state index is 12.3. The SMILES string of the molecule is COc1cccc(C(=O)N2CCCC(C#N)C2)c1. The first kappa shape index (κ1) is 12.4. The fourth-order valence-corrected chi connectivity index (χ4v) is 2.21. The molecule has 0 N–H and O–H groups in total. The number of nitriles is 1. The average molecular weight is 244 g/mol. The molecule has 0 spiro atoms. The lowest BCUT2D eigenvalue weighted by atomic mass is 9.99. The minimum atomic E-state index is -0.0340. The Morgan fingerprint density at radius 2 is 2.39 bits per heavy atom. The highest BCUT2D eigenvalue weighted by atomic mass is 16.5. The lowest BCUT2D eigenvalue weighted by Gasteiger charge is -2.29. The van der Waals surface area contributed by atoms with Crippen molar-refractivity contribution < 1.29 is 9.53 Å². The molecule has 1 aromatic rings. The van der Waals surface area contributed by atoms with Crippen LogP contribution < -0.4 is 4.74 Å². The van der Waals surface area contributed by atoms with Crippen molar-refractivity contribution in [3.63, 3.8) is 0 Å². The predicted molar refractivity (Wildman–Crippen MR) is 67.2 cm³/mol. The molecule has 1 atom stereocenters. The zero-order chi connectivity index (χ0) is 13.0. The van der Waals surface area contributed by atoms with Crippen molar-refractivity contribution in [3.05, 3.63) is 29.8 Å². The van der Waals surface area contributed by atoms with Crippen LogP contribution in [-0.2, 0) is 0 Å². The van der Waals surface area contributed by atoms with Crippen LogP contribution in [0.2, 0.25) is 0 Å². The van der Waals surface area contributed by atoms with Crippen LogP contribution in [0.1, 0.15) is 23.2 Å². The van der Waals surface area contributed by atoms with Gasteiger partial charge < -0.3 is 9.64 Å². The van der Waals surface area contributed by atoms with E-state index in [1.807, 2.05) is 6.07 Å². The molecule has 1 unspecified atom stereocenters. The molecular weight excluding hydrogens is 228 g/mol. The normalized spacial score (nSPS) is 19.1. The van der Waals surface area contributed by atoms with Crippen molar-refractivity contribution in [2.45, 2.75) is 12.8 Å². The number of hydrogen-bond donors (Lipinski definition) is 0. The Morgan fingerprint density at radius 3 is 3.11 bits per heavy atom. The number of piperidine rings is 1. The molecule has 0 saturated carbocycles. The zero-order valence-corrected chi connectivity index (χ0v) is 10.4. The van der Waals surface area contributed by atoms with Crippen molar-refractivity contribution in [1.29, 1.82) is 5.26 Å². The molecule has 94 valence electrons. The largest absolute Gasteiger partial charge is 0.497 e. The second-order valence-electron chi connectivity index (χ2n) is 4.45. The van der Waals surface area contributed by atoms with Crippen LogP contribution in [0.5, 0.6) is 5.75 Å². The van der Waals surface area contributed by atoms with E-state index in [0.29, 0.717) is 17.9 Å². The second-order valence-corrected chi connectivity index (χ2v) is 4.45. The topological polar surface area (TPSA) is 53.3 Å². The van der Waals surface area contributed by atoms with E-state index < -0.39 is 0 Å². The molecule has 2 rings (SSSR count). The molecule has 1 aliphatic rings. The second kappa shape index (κ2) is 5.54. The molecule has 4 nitrogen and oxygen atoms in total. The number of rotatable bonds is 2. The van der Waals surface area contributed by atoms with E-state index in [0.717, 1.165) is 19.4 Å². The van der Waals surface area contributed by atoms with E-state index in [-0.39, 0.29) is 11.8 Å². The van der Waals surface area contributed by atoms with E-state index in [1.54, 1.807) is 30.2 Å². The molecule has 1 fully saturated rings. The summed E-state index contributed by atoms with van der Waals surface area (Å²) in [7, 11) is 1.58. The van der Waals surface area contributed by atoms with Gasteiger partial charge in [-0.2, -0.15) is 5.26 Å². The molecule has 0 aromatic heterocycles. The number of carbonyl (C=O) groups excluding carboxylic acids is 1. The van der Waals surface area contributed by atoms with Gasteiger partial charge in [0.25, 0.3) is 5.91 Å². The van der Waals surface area contributed by atoms with Gasteiger partial charge >= 0.3 is 0 Å². The van der Waals surface area contributed by atoms with E-state index in [4.69, 9.17) is 10.00 Å². The summed E-state index contributed by atoms with van der Waals surface area (Å²) in [5.74, 6) is 0.622. The molecule has 0 bridgehead atoms. The Hall–Kier alpha value is -2.02. The molecule has 1 aliphatic heterocycles. The van der Waals surface area contributed by atoms with Crippen LogP contribution in [-0.4, -0.2) is 31.0 Å². The first-order valence-corrected chi connectivity index (χ1v) is 6.07. The van der Waals surface area contributed by atoms with Crippen molar-refractivity contribution in [1.82, 2.24) is 4.90 Å². The van der Waals surface area contributed by atoms with Gasteiger partial charge in [0.2, 0.25) is 0 Å². The highest BCUT2D eigenvalue weighted by molar-refractivity contribution is 5.94. The van der Waals surface area contributed by atoms with Crippen molar-refractivity contribution in [2.75, 3.05) is 20.2 Å². The summed E-state index contributed by atoms with van der Waals surface area (Å²) in [5.41, 5.74) is 0.618. The van der Waals surface area contributed by atoms with E-state index >= 15 is 0 Å². The lowest BCUT2D eigenvalue weighted by Crippen LogP contribution is -2.39. The van der Waals surface area contributed by atoms with E-state index in [1.165, 1.54) is 0 Å². The van der Waals surface area contributed by atoms with Crippen LogP contribution in [0.15, 0.2) is 24.3 Å². The van der Waals surface area contributed by atoms with Crippen LogP contribution in [0.25, 0.3) is 0 Å². The molecule has 18 heavy (non-hydrogen) atoms. The monoisotopic (exact) mass is 244 g/mol. The van der Waals surface area contributed by atoms with Gasteiger partial charge in [0.1, 0.15) is 5.75 Å². The molecule has 0 radical (unpaired) electrons. The van der Waals surface area contributed by atoms with Gasteiger partial charge in [0.05, 0.1) is 19.1 Å². The lowest BCUT2D eigenvalue weighted by molar-refractivity contribution is 0.0698. The summed E-state index contributed by atoms with van der Waals surface area (Å²) < 4.78 is 5.11. The third-order valence-electron chi connectivity index (χ3n) is 3.21. The Balaban J connectivity index is 2.13. The maximum Gasteiger partial charge on any atom is 0.254 e. The summed E-state index contributed by atoms with van der Waals surface area (Å²) >= 11 is 0. The zero-order valence-electron chi connectivity index (χ0n) is 10.4. The quantitative estimate of drug-likeness (QED) is 0.800. The summed E-state index contributed by atoms with van der Waals surface area (Å²) in [6.45, 7) is 1.26. The third-order valence-corrected chi connectivity index (χ3v) is 3.21. The van der Waals surface area contributed by atoms with Gasteiger partial charge in [-0.15, -0.1) is 0 Å². The van der Waals surface area contributed by atoms with Gasteiger partial charge in [-0.1, -0.05) is 6.07 Å². The molecular formula is C14H16N2O2. The Morgan fingerprint density at radius 1 is 1.56 bits per heavy atom. The molecule has 0 aliphatic carbocycles. The van der Waals surface area contributed by atoms with Crippen molar-refractivity contribution in [2.24, 2.45) is 5.92 Å². The van der Waals surface area contributed by atoms with Crippen LogP contribution in [0.3, 0.4) is 0 Å². The maximum absolute atomic E-state index is 12.3. The van der Waals surface area contributed by atoms with E-state index in [9.17, 15) is 4.79 Å². The Bertz CT molecular complexity index is 479. The van der Waals surface area contributed by atoms with Gasteiger partial charge in [0.15, 0.2) is 0 Å². The Labute approximate surface area is 107 Å². The first-order valence-electron chi connectivity index (χ1n) is 6.07. The average Bonchev–Trinajstić information content (AvgIpc) is 2.46. The molecule has 1 saturated heterocycles. The number of amides is 1. The summed E-state index contributed by atoms with van der Waals surface area (Å²) in [6.07, 6.45) is 1.78. The number of likely N-dealkylation sites (tertiary alicyclic amines) is 1. The number of ether oxygens (including phenoxy) is 1. The fraction of sp³-hybridized carbons (Fsp3) is 0.429. The highest BCUT2D eigenvalue weighted by Crippen LogP contribution is 2.19. The summed E-state index contributed by atoms with van der Waals surface area (Å²) in [6, 6.07) is 9.37. The number of hydrogen-bond acceptors (Lipinski definition) is 3. The van der Waals surface area contributed by atoms with Gasteiger partial charge in [-0.25, -0.2) is 0 Å². The minimum absolute atomic E-state index is 0.0196. The summed E-state index contributed by atoms with van der Waals surface area (Å²) in [5, 5.41) is 8.94. The fourth-order valence-electron chi connectivity index (χ4n) is 2.21. The number of nitrogens with zero attached hydrogens (tertiary/aromatic N) is 2. The number of methoxy groups -OCH3 is 1. The predicted octanol–water partition coefficient (Wildman–Crippen LogP) is 2.07.